The minimum atomic E-state index is 0.770. The Balaban J connectivity index is 1.24. The Labute approximate surface area is 242 Å². The van der Waals surface area contributed by atoms with Crippen LogP contribution in [-0.4, -0.2) is 40.4 Å². The summed E-state index contributed by atoms with van der Waals surface area (Å²) in [6, 6.07) is 12.1. The summed E-state index contributed by atoms with van der Waals surface area (Å²) in [7, 11) is 7.34. The van der Waals surface area contributed by atoms with Crippen LogP contribution in [0.5, 0.6) is 11.5 Å². The quantitative estimate of drug-likeness (QED) is 0.179. The van der Waals surface area contributed by atoms with E-state index < -0.39 is 0 Å². The van der Waals surface area contributed by atoms with Gasteiger partial charge in [-0.05, 0) is 70.0 Å². The third-order valence-corrected chi connectivity index (χ3v) is 8.42. The molecule has 40 heavy (non-hydrogen) atoms. The van der Waals surface area contributed by atoms with Crippen LogP contribution >= 0.6 is 22.7 Å². The van der Waals surface area contributed by atoms with E-state index in [9.17, 15) is 0 Å². The van der Waals surface area contributed by atoms with E-state index in [4.69, 9.17) is 9.47 Å². The normalized spacial score (nSPS) is 14.6. The van der Waals surface area contributed by atoms with Gasteiger partial charge < -0.3 is 19.3 Å². The van der Waals surface area contributed by atoms with Gasteiger partial charge >= 0.3 is 10.3 Å². The van der Waals surface area contributed by atoms with Crippen molar-refractivity contribution in [3.05, 3.63) is 59.6 Å². The largest absolute Gasteiger partial charge is 0.495 e. The molecule has 3 heterocycles. The topological polar surface area (TPSA) is 82.1 Å². The molecule has 10 nitrogen and oxygen atoms in total. The Hall–Kier alpha value is -3.90. The molecule has 0 unspecified atom stereocenters. The number of hydrogen-bond donors (Lipinski definition) is 0. The van der Waals surface area contributed by atoms with Crippen molar-refractivity contribution < 1.29 is 18.6 Å². The Morgan fingerprint density at radius 1 is 0.650 bits per heavy atom. The number of azo groups is 2. The van der Waals surface area contributed by atoms with Crippen LogP contribution in [-0.2, 0) is 14.1 Å². The van der Waals surface area contributed by atoms with Crippen LogP contribution in [0, 0.1) is 0 Å². The molecule has 12 heteroatoms. The van der Waals surface area contributed by atoms with Gasteiger partial charge in [-0.15, -0.1) is 0 Å². The summed E-state index contributed by atoms with van der Waals surface area (Å²) in [5.41, 5.74) is 3.71. The van der Waals surface area contributed by atoms with Gasteiger partial charge in [0, 0.05) is 49.1 Å². The van der Waals surface area contributed by atoms with Crippen molar-refractivity contribution in [3.8, 4) is 11.5 Å². The van der Waals surface area contributed by atoms with Gasteiger partial charge in [0.2, 0.25) is 0 Å². The lowest BCUT2D eigenvalue weighted by molar-refractivity contribution is -0.654. The van der Waals surface area contributed by atoms with Crippen LogP contribution in [0.3, 0.4) is 0 Å². The van der Waals surface area contributed by atoms with Gasteiger partial charge in [-0.1, -0.05) is 0 Å². The predicted octanol–water partition coefficient (Wildman–Crippen LogP) is 6.41. The third kappa shape index (κ3) is 6.45. The fourth-order valence-electron chi connectivity index (χ4n) is 4.64. The molecule has 4 aromatic rings. The summed E-state index contributed by atoms with van der Waals surface area (Å²) in [6.45, 7) is 3.69. The number of thiazole rings is 2. The van der Waals surface area contributed by atoms with Gasteiger partial charge in [-0.2, -0.15) is 0 Å². The van der Waals surface area contributed by atoms with E-state index in [1.54, 1.807) is 36.9 Å². The van der Waals surface area contributed by atoms with Gasteiger partial charge in [-0.25, -0.2) is 9.13 Å². The molecule has 0 N–H and O–H groups in total. The highest BCUT2D eigenvalue weighted by atomic mass is 32.1. The molecule has 0 aliphatic carbocycles. The van der Waals surface area contributed by atoms with Crippen LogP contribution < -0.4 is 28.4 Å². The Morgan fingerprint density at radius 3 is 1.43 bits per heavy atom. The maximum absolute atomic E-state index is 5.76. The van der Waals surface area contributed by atoms with E-state index in [0.29, 0.717) is 0 Å². The lowest BCUT2D eigenvalue weighted by Crippen LogP contribution is -2.37. The maximum Gasteiger partial charge on any atom is 0.408 e. The number of benzene rings is 2. The summed E-state index contributed by atoms with van der Waals surface area (Å²) in [5.74, 6) is 1.62. The molecule has 5 rings (SSSR count). The van der Waals surface area contributed by atoms with E-state index in [1.165, 1.54) is 0 Å². The molecular weight excluding hydrogens is 544 g/mol. The SMILES string of the molecule is COc1cc(/N=N/c2scc[n+]2C)ccc1N1CCCN(c2ccc(/N=N/c3scc[n+]3C)cc2OC)CCC1. The molecule has 208 valence electrons. The third-order valence-electron chi connectivity index (χ3n) is 6.74. The number of ether oxygens (including phenoxy) is 2. The first-order chi connectivity index (χ1) is 19.6. The lowest BCUT2D eigenvalue weighted by atomic mass is 10.1. The van der Waals surface area contributed by atoms with Gasteiger partial charge in [0.1, 0.15) is 35.3 Å². The average molecular weight is 579 g/mol. The first-order valence-corrected chi connectivity index (χ1v) is 14.9. The average Bonchev–Trinajstić information content (AvgIpc) is 3.57. The van der Waals surface area contributed by atoms with E-state index in [-0.39, 0.29) is 0 Å². The van der Waals surface area contributed by atoms with Crippen molar-refractivity contribution in [2.75, 3.05) is 50.2 Å². The second-order valence-electron chi connectivity index (χ2n) is 9.39. The Bertz CT molecular complexity index is 1380. The second-order valence-corrected chi connectivity index (χ2v) is 11.1. The molecule has 1 aliphatic rings. The molecule has 1 fully saturated rings. The second kappa shape index (κ2) is 13.0. The highest BCUT2D eigenvalue weighted by Crippen LogP contribution is 2.36. The number of rotatable bonds is 8. The number of anilines is 2. The van der Waals surface area contributed by atoms with Crippen molar-refractivity contribution >= 4 is 55.7 Å². The summed E-state index contributed by atoms with van der Waals surface area (Å²) in [5, 5.41) is 23.3. The van der Waals surface area contributed by atoms with Gasteiger partial charge in [0.25, 0.3) is 0 Å². The molecular formula is C28H34N8O2S2+2. The predicted molar refractivity (Wildman–Crippen MR) is 159 cm³/mol. The van der Waals surface area contributed by atoms with Crippen LogP contribution in [0.4, 0.5) is 33.0 Å². The summed E-state index contributed by atoms with van der Waals surface area (Å²) < 4.78 is 15.4. The summed E-state index contributed by atoms with van der Waals surface area (Å²) >= 11 is 3.11. The van der Waals surface area contributed by atoms with Crippen LogP contribution in [0.25, 0.3) is 0 Å². The van der Waals surface area contributed by atoms with E-state index in [2.05, 4.69) is 42.4 Å². The van der Waals surface area contributed by atoms with Crippen molar-refractivity contribution in [2.45, 2.75) is 12.8 Å². The summed E-state index contributed by atoms with van der Waals surface area (Å²) in [4.78, 5) is 4.81. The number of aryl methyl sites for hydroxylation is 2. The molecule has 0 saturated carbocycles. The molecule has 2 aromatic carbocycles. The molecule has 1 aliphatic heterocycles. The Morgan fingerprint density at radius 2 is 1.07 bits per heavy atom. The van der Waals surface area contributed by atoms with Gasteiger partial charge in [0.05, 0.1) is 49.9 Å². The fourth-order valence-corrected chi connectivity index (χ4v) is 6.00. The zero-order chi connectivity index (χ0) is 27.9. The molecule has 2 aromatic heterocycles. The highest BCUT2D eigenvalue weighted by Gasteiger charge is 2.20. The molecule has 0 atom stereocenters. The zero-order valence-corrected chi connectivity index (χ0v) is 24.9. The highest BCUT2D eigenvalue weighted by molar-refractivity contribution is 7.13. The summed E-state index contributed by atoms with van der Waals surface area (Å²) in [6.07, 6.45) is 5.94. The minimum absolute atomic E-state index is 0.770. The van der Waals surface area contributed by atoms with Crippen molar-refractivity contribution in [1.29, 1.82) is 0 Å². The number of aromatic nitrogens is 2. The van der Waals surface area contributed by atoms with Gasteiger partial charge in [-0.3, -0.25) is 0 Å². The van der Waals surface area contributed by atoms with E-state index in [1.807, 2.05) is 70.6 Å². The number of nitrogens with zero attached hydrogens (tertiary/aromatic N) is 8. The standard InChI is InChI=1S/C28H34N8O2S2/c1-33-15-17-39-27(33)31-29-21-7-9-23(25(19-21)37-3)35-11-5-13-36(14-6-12-35)24-10-8-22(20-26(24)38-4)30-32-28-34(2)16-18-40-28/h7-10,15-20H,5-6,11-14H2,1-4H3/q+2. The zero-order valence-electron chi connectivity index (χ0n) is 23.2. The lowest BCUT2D eigenvalue weighted by Gasteiger charge is -2.34. The van der Waals surface area contributed by atoms with Crippen LogP contribution in [0.15, 0.2) is 80.0 Å². The number of methoxy groups -OCH3 is 2. The first-order valence-electron chi connectivity index (χ1n) is 13.1. The van der Waals surface area contributed by atoms with Crippen molar-refractivity contribution in [3.63, 3.8) is 0 Å². The monoisotopic (exact) mass is 578 g/mol. The van der Waals surface area contributed by atoms with Crippen LogP contribution in [0.2, 0.25) is 0 Å². The molecule has 0 bridgehead atoms. The smallest absolute Gasteiger partial charge is 0.408 e. The van der Waals surface area contributed by atoms with E-state index >= 15 is 0 Å². The molecule has 0 radical (unpaired) electrons. The molecule has 1 saturated heterocycles. The van der Waals surface area contributed by atoms with Crippen molar-refractivity contribution in [2.24, 2.45) is 34.6 Å². The van der Waals surface area contributed by atoms with Crippen LogP contribution in [0.1, 0.15) is 12.8 Å². The van der Waals surface area contributed by atoms with Gasteiger partial charge in [0.15, 0.2) is 0 Å². The first kappa shape index (κ1) is 27.7. The minimum Gasteiger partial charge on any atom is -0.495 e. The van der Waals surface area contributed by atoms with Crippen molar-refractivity contribution in [1.82, 2.24) is 0 Å². The number of hydrogen-bond acceptors (Lipinski definition) is 10. The fraction of sp³-hybridized carbons (Fsp3) is 0.357. The maximum atomic E-state index is 5.76. The molecule has 0 spiro atoms. The molecule has 0 amide bonds. The Kier molecular flexibility index (Phi) is 8.97. The van der Waals surface area contributed by atoms with E-state index in [0.717, 1.165) is 83.5 Å².